The standard InChI is InChI=1S/C22H27N3O2/c1-16(17-8-4-3-5-9-17)25-14-18(13-23-25)20-15-24(2)22(26)12-21(20)27-19-10-6-7-11-19/h4,8-9,12-16,19H,3,5-7,10-11H2,1-2H3. The highest BCUT2D eigenvalue weighted by molar-refractivity contribution is 5.68. The van der Waals surface area contributed by atoms with Crippen LogP contribution in [0.15, 0.2) is 53.3 Å². The number of nitrogens with zero attached hydrogens (tertiary/aromatic N) is 3. The van der Waals surface area contributed by atoms with E-state index < -0.39 is 0 Å². The number of aromatic nitrogens is 3. The van der Waals surface area contributed by atoms with Gasteiger partial charge in [-0.3, -0.25) is 9.48 Å². The fourth-order valence-corrected chi connectivity index (χ4v) is 3.90. The van der Waals surface area contributed by atoms with Crippen molar-refractivity contribution in [3.8, 4) is 16.9 Å². The lowest BCUT2D eigenvalue weighted by Gasteiger charge is -2.17. The molecule has 1 saturated carbocycles. The molecule has 0 saturated heterocycles. The molecular formula is C22H27N3O2. The van der Waals surface area contributed by atoms with Crippen molar-refractivity contribution in [2.24, 2.45) is 7.05 Å². The van der Waals surface area contributed by atoms with Crippen LogP contribution in [0.4, 0.5) is 0 Å². The molecule has 0 spiro atoms. The van der Waals surface area contributed by atoms with Crippen LogP contribution < -0.4 is 10.3 Å². The first-order chi connectivity index (χ1) is 13.1. The van der Waals surface area contributed by atoms with Crippen LogP contribution in [0, 0.1) is 0 Å². The Labute approximate surface area is 160 Å². The first-order valence-corrected chi connectivity index (χ1v) is 9.90. The van der Waals surface area contributed by atoms with Gasteiger partial charge in [0.15, 0.2) is 0 Å². The summed E-state index contributed by atoms with van der Waals surface area (Å²) in [5, 5.41) is 4.59. The Balaban J connectivity index is 1.65. The molecule has 5 heteroatoms. The highest BCUT2D eigenvalue weighted by Crippen LogP contribution is 2.33. The van der Waals surface area contributed by atoms with Crippen LogP contribution in [-0.4, -0.2) is 20.5 Å². The molecule has 0 N–H and O–H groups in total. The second kappa shape index (κ2) is 7.59. The van der Waals surface area contributed by atoms with E-state index in [1.807, 2.05) is 17.1 Å². The van der Waals surface area contributed by atoms with Crippen molar-refractivity contribution in [2.45, 2.75) is 57.6 Å². The van der Waals surface area contributed by atoms with Gasteiger partial charge in [0.25, 0.3) is 5.56 Å². The second-order valence-electron chi connectivity index (χ2n) is 7.59. The van der Waals surface area contributed by atoms with E-state index in [1.165, 1.54) is 18.4 Å². The van der Waals surface area contributed by atoms with Gasteiger partial charge < -0.3 is 9.30 Å². The minimum absolute atomic E-state index is 0.0509. The highest BCUT2D eigenvalue weighted by atomic mass is 16.5. The molecule has 4 rings (SSSR count). The minimum atomic E-state index is -0.0509. The summed E-state index contributed by atoms with van der Waals surface area (Å²) in [5.74, 6) is 0.675. The first kappa shape index (κ1) is 17.8. The number of rotatable bonds is 5. The largest absolute Gasteiger partial charge is 0.490 e. The number of hydrogen-bond donors (Lipinski definition) is 0. The van der Waals surface area contributed by atoms with Crippen LogP contribution in [0.2, 0.25) is 0 Å². The average molecular weight is 365 g/mol. The molecular weight excluding hydrogens is 338 g/mol. The molecule has 2 aliphatic carbocycles. The van der Waals surface area contributed by atoms with Crippen molar-refractivity contribution in [3.05, 3.63) is 58.8 Å². The monoisotopic (exact) mass is 365 g/mol. The fourth-order valence-electron chi connectivity index (χ4n) is 3.90. The molecule has 0 radical (unpaired) electrons. The minimum Gasteiger partial charge on any atom is -0.490 e. The summed E-state index contributed by atoms with van der Waals surface area (Å²) in [4.78, 5) is 12.2. The molecule has 1 unspecified atom stereocenters. The molecule has 0 amide bonds. The van der Waals surface area contributed by atoms with Gasteiger partial charge in [0.05, 0.1) is 18.3 Å². The summed E-state index contributed by atoms with van der Waals surface area (Å²) in [6.07, 6.45) is 19.4. The molecule has 1 fully saturated rings. The summed E-state index contributed by atoms with van der Waals surface area (Å²) in [6.45, 7) is 2.16. The van der Waals surface area contributed by atoms with Crippen LogP contribution in [0.1, 0.15) is 51.5 Å². The maximum Gasteiger partial charge on any atom is 0.254 e. The van der Waals surface area contributed by atoms with Gasteiger partial charge in [0.2, 0.25) is 0 Å². The summed E-state index contributed by atoms with van der Waals surface area (Å²) < 4.78 is 9.80. The van der Waals surface area contributed by atoms with Gasteiger partial charge in [0, 0.05) is 36.6 Å². The van der Waals surface area contributed by atoms with E-state index in [0.717, 1.165) is 36.8 Å². The van der Waals surface area contributed by atoms with Crippen molar-refractivity contribution in [2.75, 3.05) is 0 Å². The third-order valence-corrected chi connectivity index (χ3v) is 5.60. The van der Waals surface area contributed by atoms with Gasteiger partial charge >= 0.3 is 0 Å². The Morgan fingerprint density at radius 2 is 2.04 bits per heavy atom. The quantitative estimate of drug-likeness (QED) is 0.789. The molecule has 2 aromatic heterocycles. The van der Waals surface area contributed by atoms with Crippen molar-refractivity contribution in [1.29, 1.82) is 0 Å². The fraction of sp³-hybridized carbons (Fsp3) is 0.455. The van der Waals surface area contributed by atoms with Gasteiger partial charge in [-0.2, -0.15) is 5.10 Å². The van der Waals surface area contributed by atoms with Gasteiger partial charge in [-0.1, -0.05) is 18.2 Å². The Kier molecular flexibility index (Phi) is 5.01. The molecule has 142 valence electrons. The topological polar surface area (TPSA) is 49.0 Å². The van der Waals surface area contributed by atoms with Gasteiger partial charge in [0.1, 0.15) is 5.75 Å². The lowest BCUT2D eigenvalue weighted by molar-refractivity contribution is 0.210. The third-order valence-electron chi connectivity index (χ3n) is 5.60. The second-order valence-corrected chi connectivity index (χ2v) is 7.59. The normalized spacial score (nSPS) is 18.5. The number of ether oxygens (including phenoxy) is 1. The number of hydrogen-bond acceptors (Lipinski definition) is 3. The molecule has 5 nitrogen and oxygen atoms in total. The zero-order chi connectivity index (χ0) is 18.8. The predicted octanol–water partition coefficient (Wildman–Crippen LogP) is 4.41. The molecule has 2 heterocycles. The number of aryl methyl sites for hydroxylation is 1. The van der Waals surface area contributed by atoms with E-state index in [0.29, 0.717) is 5.75 Å². The van der Waals surface area contributed by atoms with Crippen LogP contribution in [0.25, 0.3) is 11.1 Å². The van der Waals surface area contributed by atoms with Crippen LogP contribution in [0.3, 0.4) is 0 Å². The lowest BCUT2D eigenvalue weighted by Crippen LogP contribution is -2.18. The van der Waals surface area contributed by atoms with Crippen molar-refractivity contribution in [3.63, 3.8) is 0 Å². The molecule has 27 heavy (non-hydrogen) atoms. The van der Waals surface area contributed by atoms with E-state index in [2.05, 4.69) is 36.4 Å². The van der Waals surface area contributed by atoms with E-state index in [1.54, 1.807) is 17.7 Å². The van der Waals surface area contributed by atoms with Crippen LogP contribution in [0.5, 0.6) is 5.75 Å². The SMILES string of the molecule is CC(C1=CCCC=C1)n1cc(-c2cn(C)c(=O)cc2OC2CCCC2)cn1. The van der Waals surface area contributed by atoms with E-state index in [-0.39, 0.29) is 17.7 Å². The number of allylic oxidation sites excluding steroid dienone is 4. The molecule has 0 aromatic carbocycles. The molecule has 2 aliphatic rings. The summed E-state index contributed by atoms with van der Waals surface area (Å²) in [5.41, 5.74) is 3.14. The first-order valence-electron chi connectivity index (χ1n) is 9.90. The maximum absolute atomic E-state index is 12.2. The van der Waals surface area contributed by atoms with E-state index in [9.17, 15) is 4.79 Å². The van der Waals surface area contributed by atoms with Crippen molar-refractivity contribution in [1.82, 2.24) is 14.3 Å². The Morgan fingerprint density at radius 1 is 1.22 bits per heavy atom. The summed E-state index contributed by atoms with van der Waals surface area (Å²) in [6, 6.07) is 1.79. The summed E-state index contributed by atoms with van der Waals surface area (Å²) in [7, 11) is 1.77. The lowest BCUT2D eigenvalue weighted by atomic mass is 10.0. The van der Waals surface area contributed by atoms with Gasteiger partial charge in [-0.05, 0) is 51.0 Å². The van der Waals surface area contributed by atoms with Gasteiger partial charge in [-0.25, -0.2) is 0 Å². The molecule has 0 aliphatic heterocycles. The molecule has 2 aromatic rings. The third kappa shape index (κ3) is 3.77. The predicted molar refractivity (Wildman–Crippen MR) is 107 cm³/mol. The highest BCUT2D eigenvalue weighted by Gasteiger charge is 2.20. The van der Waals surface area contributed by atoms with E-state index >= 15 is 0 Å². The Bertz CT molecular complexity index is 929. The van der Waals surface area contributed by atoms with Crippen LogP contribution in [-0.2, 0) is 7.05 Å². The number of pyridine rings is 1. The molecule has 0 bridgehead atoms. The Hall–Kier alpha value is -2.56. The zero-order valence-electron chi connectivity index (χ0n) is 16.1. The summed E-state index contributed by atoms with van der Waals surface area (Å²) >= 11 is 0. The zero-order valence-corrected chi connectivity index (χ0v) is 16.1. The average Bonchev–Trinajstić information content (AvgIpc) is 3.37. The van der Waals surface area contributed by atoms with E-state index in [4.69, 9.17) is 4.74 Å². The van der Waals surface area contributed by atoms with Crippen molar-refractivity contribution < 1.29 is 4.74 Å². The maximum atomic E-state index is 12.2. The smallest absolute Gasteiger partial charge is 0.254 e. The van der Waals surface area contributed by atoms with Crippen LogP contribution >= 0.6 is 0 Å². The van der Waals surface area contributed by atoms with Crippen molar-refractivity contribution >= 4 is 0 Å². The Morgan fingerprint density at radius 3 is 2.78 bits per heavy atom. The van der Waals surface area contributed by atoms with Gasteiger partial charge in [-0.15, -0.1) is 0 Å². The molecule has 1 atom stereocenters.